The molecule has 0 aliphatic heterocycles. The van der Waals surface area contributed by atoms with Gasteiger partial charge in [-0.3, -0.25) is 4.79 Å². The van der Waals surface area contributed by atoms with Crippen LogP contribution in [0.25, 0.3) is 0 Å². The van der Waals surface area contributed by atoms with Crippen LogP contribution in [0.2, 0.25) is 0 Å². The molecular weight excluding hydrogens is 460 g/mol. The van der Waals surface area contributed by atoms with Crippen LogP contribution in [-0.4, -0.2) is 20.4 Å². The molecule has 2 N–H and O–H groups in total. The van der Waals surface area contributed by atoms with Crippen LogP contribution < -0.4 is 10.0 Å². The summed E-state index contributed by atoms with van der Waals surface area (Å²) in [5, 5.41) is 2.25. The van der Waals surface area contributed by atoms with Crippen LogP contribution in [0.3, 0.4) is 0 Å². The normalized spacial score (nSPS) is 12.9. The van der Waals surface area contributed by atoms with Gasteiger partial charge in [0, 0.05) is 5.69 Å². The van der Waals surface area contributed by atoms with Gasteiger partial charge in [0.1, 0.15) is 11.9 Å². The van der Waals surface area contributed by atoms with Crippen molar-refractivity contribution in [3.63, 3.8) is 0 Å². The van der Waals surface area contributed by atoms with Crippen LogP contribution in [-0.2, 0) is 27.4 Å². The smallest absolute Gasteiger partial charge is 0.325 e. The summed E-state index contributed by atoms with van der Waals surface area (Å²) in [6, 6.07) is 15.1. The number of anilines is 1. The summed E-state index contributed by atoms with van der Waals surface area (Å²) in [7, 11) is -4.12. The number of sulfonamides is 1. The second kappa shape index (κ2) is 9.72. The van der Waals surface area contributed by atoms with Crippen molar-refractivity contribution in [3.8, 4) is 0 Å². The van der Waals surface area contributed by atoms with Gasteiger partial charge in [0.25, 0.3) is 0 Å². The van der Waals surface area contributed by atoms with Crippen molar-refractivity contribution in [2.75, 3.05) is 5.32 Å². The summed E-state index contributed by atoms with van der Waals surface area (Å²) in [4.78, 5) is 12.8. The third kappa shape index (κ3) is 6.39. The number of benzene rings is 3. The highest BCUT2D eigenvalue weighted by Crippen LogP contribution is 2.33. The molecule has 5 nitrogen and oxygen atoms in total. The zero-order chi connectivity index (χ0) is 24.2. The number of hydrogen-bond donors (Lipinski definition) is 2. The van der Waals surface area contributed by atoms with Crippen LogP contribution in [0, 0.1) is 12.7 Å². The number of rotatable bonds is 7. The molecule has 0 fully saturated rings. The van der Waals surface area contributed by atoms with Crippen LogP contribution in [0.4, 0.5) is 23.2 Å². The molecule has 174 valence electrons. The zero-order valence-electron chi connectivity index (χ0n) is 17.4. The predicted molar refractivity (Wildman–Crippen MR) is 115 cm³/mol. The maximum atomic E-state index is 13.6. The minimum Gasteiger partial charge on any atom is -0.325 e. The zero-order valence-corrected chi connectivity index (χ0v) is 18.2. The van der Waals surface area contributed by atoms with Gasteiger partial charge in [-0.25, -0.2) is 12.8 Å². The molecule has 3 aromatic rings. The lowest BCUT2D eigenvalue weighted by Gasteiger charge is -2.19. The van der Waals surface area contributed by atoms with Crippen molar-refractivity contribution in [3.05, 3.63) is 95.3 Å². The first-order valence-electron chi connectivity index (χ1n) is 9.76. The molecule has 1 amide bonds. The minimum atomic E-state index is -4.96. The maximum Gasteiger partial charge on any atom is 0.419 e. The molecule has 3 rings (SSSR count). The lowest BCUT2D eigenvalue weighted by Crippen LogP contribution is -2.45. The highest BCUT2D eigenvalue weighted by Gasteiger charge is 2.34. The highest BCUT2D eigenvalue weighted by atomic mass is 32.2. The average Bonchev–Trinajstić information content (AvgIpc) is 2.74. The van der Waals surface area contributed by atoms with E-state index in [1.165, 1.54) is 12.1 Å². The van der Waals surface area contributed by atoms with E-state index in [2.05, 4.69) is 10.0 Å². The molecule has 0 heterocycles. The Balaban J connectivity index is 1.89. The third-order valence-corrected chi connectivity index (χ3v) is 6.25. The Bertz CT molecular complexity index is 1230. The SMILES string of the molecule is Cc1ccc(S(=O)(=O)N[C@H](Cc2ccccc2)C(=O)Nc2ccc(F)c(C(F)(F)F)c2)cc1. The monoisotopic (exact) mass is 480 g/mol. The van der Waals surface area contributed by atoms with Crippen molar-refractivity contribution in [2.24, 2.45) is 0 Å². The van der Waals surface area contributed by atoms with Crippen molar-refractivity contribution in [1.29, 1.82) is 0 Å². The third-order valence-electron chi connectivity index (χ3n) is 4.77. The molecule has 0 saturated carbocycles. The van der Waals surface area contributed by atoms with E-state index in [1.54, 1.807) is 49.4 Å². The summed E-state index contributed by atoms with van der Waals surface area (Å²) in [5.74, 6) is -2.38. The highest BCUT2D eigenvalue weighted by molar-refractivity contribution is 7.89. The van der Waals surface area contributed by atoms with Gasteiger partial charge < -0.3 is 5.32 Å². The molecule has 1 atom stereocenters. The number of hydrogen-bond acceptors (Lipinski definition) is 3. The molecule has 0 unspecified atom stereocenters. The fourth-order valence-electron chi connectivity index (χ4n) is 3.06. The Labute approximate surface area is 188 Å². The van der Waals surface area contributed by atoms with Gasteiger partial charge >= 0.3 is 6.18 Å². The largest absolute Gasteiger partial charge is 0.419 e. The van der Waals surface area contributed by atoms with E-state index in [0.29, 0.717) is 17.7 Å². The standard InChI is InChI=1S/C23H20F4N2O3S/c1-15-7-10-18(11-8-15)33(31,32)29-21(13-16-5-3-2-4-6-16)22(30)28-17-9-12-20(24)19(14-17)23(25,26)27/h2-12,14,21,29H,13H2,1H3,(H,28,30)/t21-/m1/s1. The number of amides is 1. The van der Waals surface area contributed by atoms with Crippen LogP contribution in [0.1, 0.15) is 16.7 Å². The van der Waals surface area contributed by atoms with Gasteiger partial charge in [0.05, 0.1) is 10.5 Å². The summed E-state index contributed by atoms with van der Waals surface area (Å²) in [5.41, 5.74) is -0.398. The van der Waals surface area contributed by atoms with Gasteiger partial charge in [0.2, 0.25) is 15.9 Å². The second-order valence-electron chi connectivity index (χ2n) is 7.36. The number of carbonyl (C=O) groups is 1. The van der Waals surface area contributed by atoms with E-state index in [1.807, 2.05) is 0 Å². The molecule has 33 heavy (non-hydrogen) atoms. The van der Waals surface area contributed by atoms with Crippen LogP contribution in [0.5, 0.6) is 0 Å². The quantitative estimate of drug-likeness (QED) is 0.482. The lowest BCUT2D eigenvalue weighted by molar-refractivity contribution is -0.140. The first-order chi connectivity index (χ1) is 15.5. The molecule has 0 bridgehead atoms. The number of aryl methyl sites for hydroxylation is 1. The van der Waals surface area contributed by atoms with Crippen molar-refractivity contribution in [1.82, 2.24) is 4.72 Å². The fraction of sp³-hybridized carbons (Fsp3) is 0.174. The Hall–Kier alpha value is -3.24. The Morgan fingerprint density at radius 2 is 1.61 bits per heavy atom. The average molecular weight is 480 g/mol. The topological polar surface area (TPSA) is 75.3 Å². The summed E-state index contributed by atoms with van der Waals surface area (Å²) >= 11 is 0. The molecule has 3 aromatic carbocycles. The number of carbonyl (C=O) groups excluding carboxylic acids is 1. The molecule has 0 aliphatic rings. The van der Waals surface area contributed by atoms with E-state index in [9.17, 15) is 30.8 Å². The van der Waals surface area contributed by atoms with Gasteiger partial charge in [-0.05, 0) is 49.2 Å². The van der Waals surface area contributed by atoms with E-state index in [-0.39, 0.29) is 17.0 Å². The van der Waals surface area contributed by atoms with E-state index in [4.69, 9.17) is 0 Å². The van der Waals surface area contributed by atoms with Crippen molar-refractivity contribution < 1.29 is 30.8 Å². The van der Waals surface area contributed by atoms with Gasteiger partial charge in [0.15, 0.2) is 0 Å². The summed E-state index contributed by atoms with van der Waals surface area (Å²) in [6.45, 7) is 1.79. The Morgan fingerprint density at radius 3 is 2.21 bits per heavy atom. The van der Waals surface area contributed by atoms with E-state index < -0.39 is 39.5 Å². The fourth-order valence-corrected chi connectivity index (χ4v) is 4.26. The van der Waals surface area contributed by atoms with Crippen molar-refractivity contribution in [2.45, 2.75) is 30.5 Å². The first-order valence-corrected chi connectivity index (χ1v) is 11.2. The van der Waals surface area contributed by atoms with Crippen molar-refractivity contribution >= 4 is 21.6 Å². The second-order valence-corrected chi connectivity index (χ2v) is 9.07. The summed E-state index contributed by atoms with van der Waals surface area (Å²) in [6.07, 6.45) is -5.02. The molecule has 0 radical (unpaired) electrons. The molecule has 10 heteroatoms. The lowest BCUT2D eigenvalue weighted by atomic mass is 10.1. The number of alkyl halides is 3. The molecule has 0 aromatic heterocycles. The maximum absolute atomic E-state index is 13.6. The molecular formula is C23H20F4N2O3S. The molecule has 0 spiro atoms. The number of halogens is 4. The predicted octanol–water partition coefficient (Wildman–Crippen LogP) is 4.68. The Morgan fingerprint density at radius 1 is 0.970 bits per heavy atom. The van der Waals surface area contributed by atoms with Crippen LogP contribution >= 0.6 is 0 Å². The van der Waals surface area contributed by atoms with E-state index in [0.717, 1.165) is 11.6 Å². The number of nitrogens with one attached hydrogen (secondary N) is 2. The van der Waals surface area contributed by atoms with Gasteiger partial charge in [-0.15, -0.1) is 0 Å². The first kappa shape index (κ1) is 24.4. The van der Waals surface area contributed by atoms with E-state index >= 15 is 0 Å². The molecule has 0 aliphatic carbocycles. The Kier molecular flexibility index (Phi) is 7.19. The van der Waals surface area contributed by atoms with Crippen LogP contribution in [0.15, 0.2) is 77.7 Å². The minimum absolute atomic E-state index is 0.0644. The molecule has 0 saturated heterocycles. The van der Waals surface area contributed by atoms with Gasteiger partial charge in [-0.1, -0.05) is 48.0 Å². The van der Waals surface area contributed by atoms with Gasteiger partial charge in [-0.2, -0.15) is 17.9 Å². The summed E-state index contributed by atoms with van der Waals surface area (Å²) < 4.78 is 80.6.